The Kier molecular flexibility index (Phi) is 4.62. The molecule has 1 aliphatic carbocycles. The Balaban J connectivity index is 1.63. The van der Waals surface area contributed by atoms with Crippen molar-refractivity contribution in [3.63, 3.8) is 0 Å². The third kappa shape index (κ3) is 3.19. The van der Waals surface area contributed by atoms with Gasteiger partial charge in [0.25, 0.3) is 0 Å². The molecule has 2 rings (SSSR count). The minimum Gasteiger partial charge on any atom is -0.326 e. The molecular weight excluding hydrogens is 198 g/mol. The SMILES string of the molecule is CCN1CCC(C(N)CNC2CCC2)CC1. The first-order valence-electron chi connectivity index (χ1n) is 7.01. The van der Waals surface area contributed by atoms with Gasteiger partial charge >= 0.3 is 0 Å². The number of nitrogens with one attached hydrogen (secondary N) is 1. The molecule has 3 N–H and O–H groups in total. The van der Waals surface area contributed by atoms with E-state index in [4.69, 9.17) is 5.73 Å². The predicted octanol–water partition coefficient (Wildman–Crippen LogP) is 1.19. The number of nitrogens with zero attached hydrogens (tertiary/aromatic N) is 1. The Morgan fingerprint density at radius 2 is 1.94 bits per heavy atom. The van der Waals surface area contributed by atoms with Gasteiger partial charge in [-0.25, -0.2) is 0 Å². The Morgan fingerprint density at radius 3 is 2.44 bits per heavy atom. The van der Waals surface area contributed by atoms with E-state index >= 15 is 0 Å². The molecule has 3 heteroatoms. The maximum absolute atomic E-state index is 6.28. The molecule has 1 heterocycles. The summed E-state index contributed by atoms with van der Waals surface area (Å²) < 4.78 is 0. The highest BCUT2D eigenvalue weighted by atomic mass is 15.1. The summed E-state index contributed by atoms with van der Waals surface area (Å²) in [6.07, 6.45) is 6.71. The molecule has 3 nitrogen and oxygen atoms in total. The molecule has 2 fully saturated rings. The van der Waals surface area contributed by atoms with Crippen LogP contribution < -0.4 is 11.1 Å². The van der Waals surface area contributed by atoms with Gasteiger partial charge in [-0.3, -0.25) is 0 Å². The zero-order valence-corrected chi connectivity index (χ0v) is 10.6. The minimum absolute atomic E-state index is 0.375. The number of rotatable bonds is 5. The number of hydrogen-bond donors (Lipinski definition) is 2. The zero-order valence-electron chi connectivity index (χ0n) is 10.6. The van der Waals surface area contributed by atoms with Crippen molar-refractivity contribution in [1.82, 2.24) is 10.2 Å². The lowest BCUT2D eigenvalue weighted by Gasteiger charge is -2.35. The molecule has 1 atom stereocenters. The van der Waals surface area contributed by atoms with Crippen molar-refractivity contribution in [2.24, 2.45) is 11.7 Å². The highest BCUT2D eigenvalue weighted by Crippen LogP contribution is 2.21. The third-order valence-corrected chi connectivity index (χ3v) is 4.43. The Morgan fingerprint density at radius 1 is 1.25 bits per heavy atom. The van der Waals surface area contributed by atoms with Gasteiger partial charge in [0.1, 0.15) is 0 Å². The van der Waals surface area contributed by atoms with Gasteiger partial charge in [0.05, 0.1) is 0 Å². The van der Waals surface area contributed by atoms with Gasteiger partial charge in [-0.1, -0.05) is 13.3 Å². The standard InChI is InChI=1S/C13H27N3/c1-2-16-8-6-11(7-9-16)13(14)10-15-12-4-3-5-12/h11-13,15H,2-10,14H2,1H3. The molecule has 0 radical (unpaired) electrons. The molecule has 1 saturated carbocycles. The van der Waals surface area contributed by atoms with Crippen LogP contribution in [0.4, 0.5) is 0 Å². The Hall–Kier alpha value is -0.120. The maximum Gasteiger partial charge on any atom is 0.0194 e. The van der Waals surface area contributed by atoms with Crippen molar-refractivity contribution in [3.05, 3.63) is 0 Å². The van der Waals surface area contributed by atoms with Crippen LogP contribution in [0.3, 0.4) is 0 Å². The largest absolute Gasteiger partial charge is 0.326 e. The molecule has 2 aliphatic rings. The first-order chi connectivity index (χ1) is 7.79. The summed E-state index contributed by atoms with van der Waals surface area (Å²) in [5.41, 5.74) is 6.28. The summed E-state index contributed by atoms with van der Waals surface area (Å²) in [5.74, 6) is 0.746. The Bertz CT molecular complexity index is 195. The Labute approximate surface area is 99.8 Å². The van der Waals surface area contributed by atoms with Crippen molar-refractivity contribution >= 4 is 0 Å². The first kappa shape index (κ1) is 12.3. The van der Waals surface area contributed by atoms with Crippen LogP contribution in [-0.4, -0.2) is 43.2 Å². The second kappa shape index (κ2) is 5.99. The minimum atomic E-state index is 0.375. The van der Waals surface area contributed by atoms with E-state index in [1.165, 1.54) is 51.7 Å². The monoisotopic (exact) mass is 225 g/mol. The summed E-state index contributed by atoms with van der Waals surface area (Å²) in [6, 6.07) is 1.15. The average Bonchev–Trinajstić information content (AvgIpc) is 2.27. The highest BCUT2D eigenvalue weighted by Gasteiger charge is 2.24. The normalized spacial score (nSPS) is 26.6. The molecule has 0 bridgehead atoms. The van der Waals surface area contributed by atoms with Crippen LogP contribution >= 0.6 is 0 Å². The van der Waals surface area contributed by atoms with Gasteiger partial charge in [0.15, 0.2) is 0 Å². The van der Waals surface area contributed by atoms with Crippen molar-refractivity contribution < 1.29 is 0 Å². The third-order valence-electron chi connectivity index (χ3n) is 4.43. The van der Waals surface area contributed by atoms with Gasteiger partial charge in [-0.2, -0.15) is 0 Å². The van der Waals surface area contributed by atoms with Crippen LogP contribution in [0.5, 0.6) is 0 Å². The maximum atomic E-state index is 6.28. The van der Waals surface area contributed by atoms with Crippen molar-refractivity contribution in [3.8, 4) is 0 Å². The van der Waals surface area contributed by atoms with Crippen LogP contribution in [-0.2, 0) is 0 Å². The molecule has 0 spiro atoms. The summed E-state index contributed by atoms with van der Waals surface area (Å²) in [4.78, 5) is 2.53. The molecule has 1 aliphatic heterocycles. The first-order valence-corrected chi connectivity index (χ1v) is 7.01. The summed E-state index contributed by atoms with van der Waals surface area (Å²) in [7, 11) is 0. The molecule has 0 aromatic rings. The molecule has 0 amide bonds. The molecule has 1 unspecified atom stereocenters. The number of nitrogens with two attached hydrogens (primary N) is 1. The summed E-state index contributed by atoms with van der Waals surface area (Å²) in [6.45, 7) is 6.97. The smallest absolute Gasteiger partial charge is 0.0194 e. The van der Waals surface area contributed by atoms with E-state index in [-0.39, 0.29) is 0 Å². The second-order valence-electron chi connectivity index (χ2n) is 5.47. The van der Waals surface area contributed by atoms with E-state index in [0.29, 0.717) is 6.04 Å². The lowest BCUT2D eigenvalue weighted by molar-refractivity contribution is 0.171. The lowest BCUT2D eigenvalue weighted by Crippen LogP contribution is -2.48. The molecule has 1 saturated heterocycles. The molecule has 0 aromatic heterocycles. The molecule has 94 valence electrons. The van der Waals surface area contributed by atoms with Crippen molar-refractivity contribution in [1.29, 1.82) is 0 Å². The van der Waals surface area contributed by atoms with Gasteiger partial charge in [0, 0.05) is 18.6 Å². The molecule has 16 heavy (non-hydrogen) atoms. The van der Waals surface area contributed by atoms with Crippen molar-refractivity contribution in [2.45, 2.75) is 51.1 Å². The summed E-state index contributed by atoms with van der Waals surface area (Å²) in [5, 5.41) is 3.60. The van der Waals surface area contributed by atoms with Crippen LogP contribution in [0.1, 0.15) is 39.0 Å². The quantitative estimate of drug-likeness (QED) is 0.738. The highest BCUT2D eigenvalue weighted by molar-refractivity contribution is 4.84. The molecule has 0 aromatic carbocycles. The zero-order chi connectivity index (χ0) is 11.4. The van der Waals surface area contributed by atoms with E-state index in [1.807, 2.05) is 0 Å². The van der Waals surface area contributed by atoms with Crippen LogP contribution in [0.25, 0.3) is 0 Å². The van der Waals surface area contributed by atoms with Gasteiger partial charge in [-0.05, 0) is 51.2 Å². The van der Waals surface area contributed by atoms with Crippen LogP contribution in [0.2, 0.25) is 0 Å². The van der Waals surface area contributed by atoms with Gasteiger partial charge in [0.2, 0.25) is 0 Å². The van der Waals surface area contributed by atoms with E-state index in [0.717, 1.165) is 18.5 Å². The fourth-order valence-corrected chi connectivity index (χ4v) is 2.78. The van der Waals surface area contributed by atoms with E-state index in [2.05, 4.69) is 17.1 Å². The molecular formula is C13H27N3. The van der Waals surface area contributed by atoms with Crippen LogP contribution in [0, 0.1) is 5.92 Å². The fraction of sp³-hybridized carbons (Fsp3) is 1.00. The van der Waals surface area contributed by atoms with E-state index in [9.17, 15) is 0 Å². The lowest BCUT2D eigenvalue weighted by atomic mass is 9.88. The fourth-order valence-electron chi connectivity index (χ4n) is 2.78. The van der Waals surface area contributed by atoms with E-state index in [1.54, 1.807) is 0 Å². The number of likely N-dealkylation sites (tertiary alicyclic amines) is 1. The van der Waals surface area contributed by atoms with Gasteiger partial charge in [-0.15, -0.1) is 0 Å². The second-order valence-corrected chi connectivity index (χ2v) is 5.47. The average molecular weight is 225 g/mol. The van der Waals surface area contributed by atoms with Gasteiger partial charge < -0.3 is 16.0 Å². The predicted molar refractivity (Wildman–Crippen MR) is 68.5 cm³/mol. The van der Waals surface area contributed by atoms with Crippen LogP contribution in [0.15, 0.2) is 0 Å². The van der Waals surface area contributed by atoms with E-state index < -0.39 is 0 Å². The number of hydrogen-bond acceptors (Lipinski definition) is 3. The number of piperidine rings is 1. The van der Waals surface area contributed by atoms with Crippen molar-refractivity contribution in [2.75, 3.05) is 26.2 Å². The summed E-state index contributed by atoms with van der Waals surface area (Å²) >= 11 is 0. The topological polar surface area (TPSA) is 41.3 Å².